The van der Waals surface area contributed by atoms with Crippen molar-refractivity contribution >= 4 is 5.91 Å². The van der Waals surface area contributed by atoms with E-state index in [0.717, 1.165) is 12.1 Å². The Morgan fingerprint density at radius 2 is 2.05 bits per heavy atom. The van der Waals surface area contributed by atoms with Crippen LogP contribution in [0.25, 0.3) is 0 Å². The van der Waals surface area contributed by atoms with Crippen LogP contribution in [0.2, 0.25) is 0 Å². The zero-order chi connectivity index (χ0) is 13.8. The predicted octanol–water partition coefficient (Wildman–Crippen LogP) is 2.85. The van der Waals surface area contributed by atoms with Crippen LogP contribution in [0.3, 0.4) is 0 Å². The summed E-state index contributed by atoms with van der Waals surface area (Å²) in [4.78, 5) is 15.7. The number of rotatable bonds is 3. The normalized spacial score (nSPS) is 11.9. The van der Waals surface area contributed by atoms with Crippen LogP contribution in [0.4, 0.5) is 8.78 Å². The molecule has 1 atom stereocenters. The molecule has 0 saturated heterocycles. The third-order valence-electron chi connectivity index (χ3n) is 2.67. The number of nitrogens with one attached hydrogen (secondary N) is 1. The Labute approximate surface area is 109 Å². The minimum atomic E-state index is -0.686. The smallest absolute Gasteiger partial charge is 0.270 e. The molecule has 1 N–H and O–H groups in total. The van der Waals surface area contributed by atoms with E-state index in [9.17, 15) is 13.6 Å². The number of pyridine rings is 1. The molecule has 0 spiro atoms. The van der Waals surface area contributed by atoms with Crippen LogP contribution in [0, 0.1) is 11.6 Å². The first-order valence-corrected chi connectivity index (χ1v) is 5.75. The first-order chi connectivity index (χ1) is 9.08. The number of nitrogens with zero attached hydrogens (tertiary/aromatic N) is 1. The fraction of sp³-hybridized carbons (Fsp3) is 0.143. The van der Waals surface area contributed by atoms with Crippen molar-refractivity contribution < 1.29 is 13.6 Å². The van der Waals surface area contributed by atoms with E-state index < -0.39 is 23.6 Å². The van der Waals surface area contributed by atoms with Crippen molar-refractivity contribution in [3.05, 3.63) is 65.5 Å². The van der Waals surface area contributed by atoms with Gasteiger partial charge in [0.25, 0.3) is 5.91 Å². The van der Waals surface area contributed by atoms with Crippen molar-refractivity contribution in [2.45, 2.75) is 13.0 Å². The Hall–Kier alpha value is -2.30. The van der Waals surface area contributed by atoms with E-state index in [1.165, 1.54) is 12.3 Å². The van der Waals surface area contributed by atoms with Gasteiger partial charge in [-0.3, -0.25) is 9.78 Å². The lowest BCUT2D eigenvalue weighted by atomic mass is 10.1. The lowest BCUT2D eigenvalue weighted by molar-refractivity contribution is 0.0934. The van der Waals surface area contributed by atoms with Crippen LogP contribution in [-0.2, 0) is 0 Å². The van der Waals surface area contributed by atoms with Crippen LogP contribution < -0.4 is 5.32 Å². The fourth-order valence-corrected chi connectivity index (χ4v) is 1.70. The van der Waals surface area contributed by atoms with Gasteiger partial charge < -0.3 is 5.32 Å². The molecule has 3 nitrogen and oxygen atoms in total. The van der Waals surface area contributed by atoms with Crippen LogP contribution in [0.5, 0.6) is 0 Å². The molecular weight excluding hydrogens is 250 g/mol. The van der Waals surface area contributed by atoms with Crippen LogP contribution in [-0.4, -0.2) is 10.9 Å². The molecule has 1 heterocycles. The molecule has 2 aromatic rings. The molecule has 0 saturated carbocycles. The highest BCUT2D eigenvalue weighted by atomic mass is 19.1. The Morgan fingerprint density at radius 3 is 2.68 bits per heavy atom. The van der Waals surface area contributed by atoms with E-state index in [4.69, 9.17) is 0 Å². The number of halogens is 2. The van der Waals surface area contributed by atoms with Crippen LogP contribution >= 0.6 is 0 Å². The molecule has 1 amide bonds. The Kier molecular flexibility index (Phi) is 3.85. The van der Waals surface area contributed by atoms with Gasteiger partial charge in [0.2, 0.25) is 0 Å². The van der Waals surface area contributed by atoms with Crippen LogP contribution in [0.15, 0.2) is 42.6 Å². The molecule has 98 valence electrons. The molecule has 0 bridgehead atoms. The quantitative estimate of drug-likeness (QED) is 0.924. The molecular formula is C14H12F2N2O. The summed E-state index contributed by atoms with van der Waals surface area (Å²) in [5.41, 5.74) is 0.475. The lowest BCUT2D eigenvalue weighted by Gasteiger charge is -2.14. The molecule has 1 aromatic heterocycles. The molecule has 0 aliphatic rings. The van der Waals surface area contributed by atoms with Crippen molar-refractivity contribution in [1.29, 1.82) is 0 Å². The monoisotopic (exact) mass is 262 g/mol. The molecule has 0 aliphatic heterocycles. The Bertz CT molecular complexity index is 587. The second kappa shape index (κ2) is 5.56. The van der Waals surface area contributed by atoms with Gasteiger partial charge >= 0.3 is 0 Å². The van der Waals surface area contributed by atoms with E-state index in [1.807, 2.05) is 0 Å². The van der Waals surface area contributed by atoms with Gasteiger partial charge in [-0.15, -0.1) is 0 Å². The summed E-state index contributed by atoms with van der Waals surface area (Å²) < 4.78 is 26.3. The number of carbonyl (C=O) groups excluding carboxylic acids is 1. The molecule has 1 aromatic carbocycles. The Morgan fingerprint density at radius 1 is 1.26 bits per heavy atom. The molecule has 19 heavy (non-hydrogen) atoms. The van der Waals surface area contributed by atoms with Gasteiger partial charge in [-0.05, 0) is 25.1 Å². The first-order valence-electron chi connectivity index (χ1n) is 5.75. The van der Waals surface area contributed by atoms with Crippen molar-refractivity contribution in [2.24, 2.45) is 0 Å². The van der Waals surface area contributed by atoms with Gasteiger partial charge in [-0.1, -0.05) is 12.1 Å². The zero-order valence-electron chi connectivity index (χ0n) is 10.2. The highest BCUT2D eigenvalue weighted by molar-refractivity contribution is 5.92. The van der Waals surface area contributed by atoms with Crippen LogP contribution in [0.1, 0.15) is 29.0 Å². The minimum absolute atomic E-state index is 0.227. The van der Waals surface area contributed by atoms with Crippen molar-refractivity contribution in [2.75, 3.05) is 0 Å². The molecule has 0 radical (unpaired) electrons. The van der Waals surface area contributed by atoms with Gasteiger partial charge in [0.15, 0.2) is 0 Å². The third-order valence-corrected chi connectivity index (χ3v) is 2.67. The van der Waals surface area contributed by atoms with Crippen molar-refractivity contribution in [3.63, 3.8) is 0 Å². The summed E-state index contributed by atoms with van der Waals surface area (Å²) in [7, 11) is 0. The summed E-state index contributed by atoms with van der Waals surface area (Å²) in [6, 6.07) is 7.62. The maximum atomic E-state index is 13.5. The standard InChI is InChI=1S/C14H12F2N2O/c1-9(11-6-5-10(15)8-12(11)16)18-14(19)13-4-2-3-7-17-13/h2-9H,1H3,(H,18,19)/t9-/m1/s1. The van der Waals surface area contributed by atoms with E-state index in [1.54, 1.807) is 25.1 Å². The van der Waals surface area contributed by atoms with Crippen molar-refractivity contribution in [3.8, 4) is 0 Å². The molecule has 0 unspecified atom stereocenters. The molecule has 0 aliphatic carbocycles. The van der Waals surface area contributed by atoms with Gasteiger partial charge in [-0.25, -0.2) is 8.78 Å². The summed E-state index contributed by atoms with van der Waals surface area (Å²) in [6.45, 7) is 1.62. The molecule has 2 rings (SSSR count). The third kappa shape index (κ3) is 3.13. The summed E-state index contributed by atoms with van der Waals surface area (Å²) >= 11 is 0. The highest BCUT2D eigenvalue weighted by Gasteiger charge is 2.15. The van der Waals surface area contributed by atoms with Gasteiger partial charge in [0, 0.05) is 17.8 Å². The average Bonchev–Trinajstić information content (AvgIpc) is 2.39. The Balaban J connectivity index is 2.13. The second-order valence-electron chi connectivity index (χ2n) is 4.08. The topological polar surface area (TPSA) is 42.0 Å². The number of hydrogen-bond donors (Lipinski definition) is 1. The first kappa shape index (κ1) is 13.1. The van der Waals surface area contributed by atoms with E-state index >= 15 is 0 Å². The average molecular weight is 262 g/mol. The number of hydrogen-bond acceptors (Lipinski definition) is 2. The molecule has 5 heteroatoms. The van der Waals surface area contributed by atoms with E-state index in [0.29, 0.717) is 0 Å². The number of aromatic nitrogens is 1. The van der Waals surface area contributed by atoms with Gasteiger partial charge in [0.1, 0.15) is 17.3 Å². The summed E-state index contributed by atoms with van der Waals surface area (Å²) in [5.74, 6) is -1.74. The highest BCUT2D eigenvalue weighted by Crippen LogP contribution is 2.17. The number of amides is 1. The van der Waals surface area contributed by atoms with E-state index in [2.05, 4.69) is 10.3 Å². The fourth-order valence-electron chi connectivity index (χ4n) is 1.70. The van der Waals surface area contributed by atoms with Gasteiger partial charge in [-0.2, -0.15) is 0 Å². The molecule has 0 fully saturated rings. The summed E-state index contributed by atoms with van der Waals surface area (Å²) in [6.07, 6.45) is 1.50. The minimum Gasteiger partial charge on any atom is -0.344 e. The maximum Gasteiger partial charge on any atom is 0.270 e. The van der Waals surface area contributed by atoms with Crippen molar-refractivity contribution in [1.82, 2.24) is 10.3 Å². The summed E-state index contributed by atoms with van der Waals surface area (Å²) in [5, 5.41) is 2.61. The number of carbonyl (C=O) groups is 1. The van der Waals surface area contributed by atoms with Gasteiger partial charge in [0.05, 0.1) is 6.04 Å². The SMILES string of the molecule is C[C@@H](NC(=O)c1ccccn1)c1ccc(F)cc1F. The maximum absolute atomic E-state index is 13.5. The zero-order valence-corrected chi connectivity index (χ0v) is 10.2. The number of benzene rings is 1. The second-order valence-corrected chi connectivity index (χ2v) is 4.08. The lowest BCUT2D eigenvalue weighted by Crippen LogP contribution is -2.27. The largest absolute Gasteiger partial charge is 0.344 e. The predicted molar refractivity (Wildman–Crippen MR) is 66.5 cm³/mol. The van der Waals surface area contributed by atoms with E-state index in [-0.39, 0.29) is 11.3 Å².